The molecule has 3 heteroatoms. The molecule has 1 saturated heterocycles. The summed E-state index contributed by atoms with van der Waals surface area (Å²) in [4.78, 5) is 11.2. The van der Waals surface area contributed by atoms with Gasteiger partial charge in [-0.3, -0.25) is 0 Å². The van der Waals surface area contributed by atoms with Crippen LogP contribution < -0.4 is 4.74 Å². The molecule has 3 nitrogen and oxygen atoms in total. The fourth-order valence-electron chi connectivity index (χ4n) is 1.67. The molecule has 1 heterocycles. The van der Waals surface area contributed by atoms with Crippen molar-refractivity contribution < 1.29 is 14.3 Å². The van der Waals surface area contributed by atoms with Gasteiger partial charge in [0.2, 0.25) is 0 Å². The third kappa shape index (κ3) is 2.12. The predicted molar refractivity (Wildman–Crippen MR) is 55.9 cm³/mol. The third-order valence-corrected chi connectivity index (χ3v) is 2.49. The Morgan fingerprint density at radius 1 is 1.40 bits per heavy atom. The van der Waals surface area contributed by atoms with Crippen LogP contribution in [-0.4, -0.2) is 18.7 Å². The topological polar surface area (TPSA) is 35.5 Å². The average molecular weight is 206 g/mol. The molecule has 0 saturated carbocycles. The first kappa shape index (κ1) is 10.0. The quantitative estimate of drug-likeness (QED) is 0.694. The van der Waals surface area contributed by atoms with Crippen LogP contribution in [-0.2, 0) is 9.53 Å². The summed E-state index contributed by atoms with van der Waals surface area (Å²) < 4.78 is 10.4. The van der Waals surface area contributed by atoms with E-state index in [0.29, 0.717) is 13.0 Å². The van der Waals surface area contributed by atoms with E-state index in [4.69, 9.17) is 9.47 Å². The first-order valence-electron chi connectivity index (χ1n) is 5.07. The van der Waals surface area contributed by atoms with Crippen LogP contribution in [0.5, 0.6) is 5.75 Å². The fourth-order valence-corrected chi connectivity index (χ4v) is 1.67. The van der Waals surface area contributed by atoms with Crippen LogP contribution in [0, 0.1) is 13.8 Å². The number of hydrogen-bond donors (Lipinski definition) is 0. The van der Waals surface area contributed by atoms with Crippen LogP contribution in [0.25, 0.3) is 0 Å². The van der Waals surface area contributed by atoms with E-state index >= 15 is 0 Å². The van der Waals surface area contributed by atoms with Gasteiger partial charge in [-0.25, -0.2) is 4.79 Å². The first-order chi connectivity index (χ1) is 7.16. The molecule has 1 aromatic carbocycles. The minimum atomic E-state index is -0.425. The molecule has 0 amide bonds. The van der Waals surface area contributed by atoms with Crippen molar-refractivity contribution in [1.29, 1.82) is 0 Å². The van der Waals surface area contributed by atoms with Crippen molar-refractivity contribution in [2.75, 3.05) is 6.61 Å². The van der Waals surface area contributed by atoms with E-state index in [1.54, 1.807) is 0 Å². The molecule has 0 N–H and O–H groups in total. The van der Waals surface area contributed by atoms with Crippen LogP contribution in [0.3, 0.4) is 0 Å². The molecule has 0 bridgehead atoms. The molecule has 2 rings (SSSR count). The summed E-state index contributed by atoms with van der Waals surface area (Å²) in [6.45, 7) is 4.47. The van der Waals surface area contributed by atoms with Crippen LogP contribution >= 0.6 is 0 Å². The van der Waals surface area contributed by atoms with Crippen LogP contribution in [0.2, 0.25) is 0 Å². The standard InChI is InChI=1S/C12H14O3/c1-8-3-4-10(9(2)7-8)15-11-5-6-14-12(11)13/h3-4,7,11H,5-6H2,1-2H3/t11-/m1/s1. The maximum Gasteiger partial charge on any atom is 0.347 e. The van der Waals surface area contributed by atoms with Crippen molar-refractivity contribution in [3.05, 3.63) is 29.3 Å². The molecular formula is C12H14O3. The molecule has 0 radical (unpaired) electrons. The maximum absolute atomic E-state index is 11.2. The van der Waals surface area contributed by atoms with Crippen LogP contribution in [0.4, 0.5) is 0 Å². The van der Waals surface area contributed by atoms with Gasteiger partial charge in [0.1, 0.15) is 5.75 Å². The summed E-state index contributed by atoms with van der Waals surface area (Å²) in [7, 11) is 0. The highest BCUT2D eigenvalue weighted by molar-refractivity contribution is 5.76. The summed E-state index contributed by atoms with van der Waals surface area (Å²) in [5.41, 5.74) is 2.24. The van der Waals surface area contributed by atoms with Crippen molar-refractivity contribution in [2.45, 2.75) is 26.4 Å². The lowest BCUT2D eigenvalue weighted by molar-refractivity contribution is -0.143. The summed E-state index contributed by atoms with van der Waals surface area (Å²) in [5, 5.41) is 0. The zero-order valence-corrected chi connectivity index (χ0v) is 8.95. The lowest BCUT2D eigenvalue weighted by atomic mass is 10.1. The number of rotatable bonds is 2. The van der Waals surface area contributed by atoms with E-state index in [2.05, 4.69) is 0 Å². The van der Waals surface area contributed by atoms with Gasteiger partial charge in [0.25, 0.3) is 0 Å². The van der Waals surface area contributed by atoms with Crippen molar-refractivity contribution >= 4 is 5.97 Å². The second-order valence-corrected chi connectivity index (χ2v) is 3.83. The monoisotopic (exact) mass is 206 g/mol. The van der Waals surface area contributed by atoms with Crippen LogP contribution in [0.15, 0.2) is 18.2 Å². The van der Waals surface area contributed by atoms with Gasteiger partial charge in [-0.05, 0) is 25.5 Å². The maximum atomic E-state index is 11.2. The molecule has 1 atom stereocenters. The summed E-state index contributed by atoms with van der Waals surface area (Å²) in [5.74, 6) is 0.513. The fraction of sp³-hybridized carbons (Fsp3) is 0.417. The zero-order chi connectivity index (χ0) is 10.8. The molecule has 0 spiro atoms. The van der Waals surface area contributed by atoms with Gasteiger partial charge in [-0.15, -0.1) is 0 Å². The van der Waals surface area contributed by atoms with Gasteiger partial charge in [-0.2, -0.15) is 0 Å². The first-order valence-corrected chi connectivity index (χ1v) is 5.07. The Labute approximate surface area is 89.0 Å². The molecule has 80 valence electrons. The van der Waals surface area contributed by atoms with Gasteiger partial charge in [0, 0.05) is 6.42 Å². The van der Waals surface area contributed by atoms with E-state index in [9.17, 15) is 4.79 Å². The smallest absolute Gasteiger partial charge is 0.347 e. The minimum Gasteiger partial charge on any atom is -0.478 e. The molecule has 0 aliphatic carbocycles. The third-order valence-electron chi connectivity index (χ3n) is 2.49. The number of cyclic esters (lactones) is 1. The van der Waals surface area contributed by atoms with Gasteiger partial charge in [-0.1, -0.05) is 17.7 Å². The molecule has 1 fully saturated rings. The number of carbonyl (C=O) groups excluding carboxylic acids is 1. The van der Waals surface area contributed by atoms with Gasteiger partial charge >= 0.3 is 5.97 Å². The molecule has 0 aromatic heterocycles. The second-order valence-electron chi connectivity index (χ2n) is 3.83. The average Bonchev–Trinajstić information content (AvgIpc) is 2.57. The Morgan fingerprint density at radius 2 is 2.20 bits per heavy atom. The Hall–Kier alpha value is -1.51. The number of benzene rings is 1. The van der Waals surface area contributed by atoms with E-state index < -0.39 is 6.10 Å². The number of ether oxygens (including phenoxy) is 2. The molecule has 1 aliphatic heterocycles. The normalized spacial score (nSPS) is 20.1. The van der Waals surface area contributed by atoms with Crippen molar-refractivity contribution in [1.82, 2.24) is 0 Å². The Balaban J connectivity index is 2.13. The lowest BCUT2D eigenvalue weighted by Gasteiger charge is -2.12. The van der Waals surface area contributed by atoms with Crippen molar-refractivity contribution in [3.8, 4) is 5.75 Å². The summed E-state index contributed by atoms with van der Waals surface area (Å²) in [6, 6.07) is 5.91. The van der Waals surface area contributed by atoms with E-state index in [-0.39, 0.29) is 5.97 Å². The number of hydrogen-bond acceptors (Lipinski definition) is 3. The van der Waals surface area contributed by atoms with Gasteiger partial charge < -0.3 is 9.47 Å². The number of carbonyl (C=O) groups is 1. The summed E-state index contributed by atoms with van der Waals surface area (Å²) >= 11 is 0. The summed E-state index contributed by atoms with van der Waals surface area (Å²) in [6.07, 6.45) is 0.220. The Kier molecular flexibility index (Phi) is 2.62. The Morgan fingerprint density at radius 3 is 2.80 bits per heavy atom. The number of aryl methyl sites for hydroxylation is 2. The molecule has 15 heavy (non-hydrogen) atoms. The number of esters is 1. The molecule has 0 unspecified atom stereocenters. The SMILES string of the molecule is Cc1ccc(O[C@@H]2CCOC2=O)c(C)c1. The highest BCUT2D eigenvalue weighted by Crippen LogP contribution is 2.22. The molecular weight excluding hydrogens is 192 g/mol. The minimum absolute atomic E-state index is 0.255. The molecule has 1 aliphatic rings. The van der Waals surface area contributed by atoms with E-state index in [1.807, 2.05) is 32.0 Å². The van der Waals surface area contributed by atoms with E-state index in [0.717, 1.165) is 11.3 Å². The highest BCUT2D eigenvalue weighted by Gasteiger charge is 2.28. The van der Waals surface area contributed by atoms with Crippen molar-refractivity contribution in [3.63, 3.8) is 0 Å². The highest BCUT2D eigenvalue weighted by atomic mass is 16.6. The van der Waals surface area contributed by atoms with Crippen LogP contribution in [0.1, 0.15) is 17.5 Å². The zero-order valence-electron chi connectivity index (χ0n) is 8.95. The Bertz CT molecular complexity index is 384. The largest absolute Gasteiger partial charge is 0.478 e. The van der Waals surface area contributed by atoms with Gasteiger partial charge in [0.05, 0.1) is 6.61 Å². The predicted octanol–water partition coefficient (Wildman–Crippen LogP) is 2.00. The second kappa shape index (κ2) is 3.93. The molecule has 1 aromatic rings. The lowest BCUT2D eigenvalue weighted by Crippen LogP contribution is -2.22. The van der Waals surface area contributed by atoms with E-state index in [1.165, 1.54) is 5.56 Å². The van der Waals surface area contributed by atoms with Crippen molar-refractivity contribution in [2.24, 2.45) is 0 Å². The van der Waals surface area contributed by atoms with Gasteiger partial charge in [0.15, 0.2) is 6.10 Å².